The van der Waals surface area contributed by atoms with E-state index in [1.165, 1.54) is 0 Å². The summed E-state index contributed by atoms with van der Waals surface area (Å²) < 4.78 is 5.55. The van der Waals surface area contributed by atoms with Crippen molar-refractivity contribution in [1.29, 1.82) is 0 Å². The van der Waals surface area contributed by atoms with Crippen LogP contribution in [0.25, 0.3) is 11.1 Å². The highest BCUT2D eigenvalue weighted by Gasteiger charge is 2.43. The van der Waals surface area contributed by atoms with Crippen molar-refractivity contribution in [3.05, 3.63) is 59.7 Å². The first-order valence-corrected chi connectivity index (χ1v) is 11.1. The molecular weight excluding hydrogens is 408 g/mol. The lowest BCUT2D eigenvalue weighted by molar-refractivity contribution is -0.139. The molecule has 168 valence electrons. The lowest BCUT2D eigenvalue weighted by Gasteiger charge is -2.19. The molecule has 2 unspecified atom stereocenters. The van der Waals surface area contributed by atoms with Crippen LogP contribution in [0.15, 0.2) is 48.5 Å². The molecule has 7 heteroatoms. The molecule has 0 bridgehead atoms. The zero-order valence-electron chi connectivity index (χ0n) is 18.0. The van der Waals surface area contributed by atoms with Crippen LogP contribution in [-0.2, 0) is 14.3 Å². The summed E-state index contributed by atoms with van der Waals surface area (Å²) in [5.41, 5.74) is 4.56. The van der Waals surface area contributed by atoms with Gasteiger partial charge in [-0.25, -0.2) is 4.79 Å². The number of hydrogen-bond acceptors (Lipinski definition) is 4. The first-order valence-electron chi connectivity index (χ1n) is 11.1. The number of ether oxygens (including phenoxy) is 1. The van der Waals surface area contributed by atoms with Gasteiger partial charge >= 0.3 is 12.1 Å². The Morgan fingerprint density at radius 3 is 2.25 bits per heavy atom. The maximum absolute atomic E-state index is 12.5. The Labute approximate surface area is 187 Å². The molecule has 3 N–H and O–H groups in total. The van der Waals surface area contributed by atoms with Crippen molar-refractivity contribution in [1.82, 2.24) is 10.6 Å². The molecule has 0 spiro atoms. The maximum atomic E-state index is 12.5. The predicted molar refractivity (Wildman–Crippen MR) is 119 cm³/mol. The molecule has 2 aliphatic rings. The van der Waals surface area contributed by atoms with E-state index in [-0.39, 0.29) is 30.3 Å². The monoisotopic (exact) mass is 436 g/mol. The Kier molecular flexibility index (Phi) is 6.44. The topological polar surface area (TPSA) is 105 Å². The maximum Gasteiger partial charge on any atom is 0.407 e. The predicted octanol–water partition coefficient (Wildman–Crippen LogP) is 3.53. The number of hydrogen-bond donors (Lipinski definition) is 3. The van der Waals surface area contributed by atoms with Gasteiger partial charge in [0.1, 0.15) is 12.6 Å². The number of carboxylic acid groups (broad SMARTS) is 1. The highest BCUT2D eigenvalue weighted by molar-refractivity contribution is 5.86. The summed E-state index contributed by atoms with van der Waals surface area (Å²) in [5, 5.41) is 14.4. The molecule has 2 aromatic rings. The van der Waals surface area contributed by atoms with Gasteiger partial charge in [-0.15, -0.1) is 0 Å². The van der Waals surface area contributed by atoms with E-state index in [2.05, 4.69) is 34.9 Å². The van der Waals surface area contributed by atoms with Gasteiger partial charge in [0, 0.05) is 12.5 Å². The van der Waals surface area contributed by atoms with Gasteiger partial charge in [0.2, 0.25) is 5.91 Å². The molecule has 1 saturated carbocycles. The van der Waals surface area contributed by atoms with Crippen molar-refractivity contribution in [3.8, 4) is 11.1 Å². The molecule has 0 aromatic heterocycles. The second-order valence-electron chi connectivity index (χ2n) is 8.50. The average molecular weight is 437 g/mol. The number of rotatable bonds is 9. The highest BCUT2D eigenvalue weighted by Crippen LogP contribution is 2.44. The Bertz CT molecular complexity index is 975. The molecular formula is C25H28N2O5. The minimum Gasteiger partial charge on any atom is -0.481 e. The summed E-state index contributed by atoms with van der Waals surface area (Å²) in [6.45, 7) is 2.42. The Morgan fingerprint density at radius 2 is 1.69 bits per heavy atom. The zero-order chi connectivity index (χ0) is 22.7. The van der Waals surface area contributed by atoms with Gasteiger partial charge in [0.25, 0.3) is 0 Å². The molecule has 0 radical (unpaired) electrons. The van der Waals surface area contributed by atoms with Gasteiger partial charge in [0.15, 0.2) is 0 Å². The Hall–Kier alpha value is -3.35. The second-order valence-corrected chi connectivity index (χ2v) is 8.50. The third kappa shape index (κ3) is 4.61. The fraction of sp³-hybridized carbons (Fsp3) is 0.400. The molecule has 7 nitrogen and oxygen atoms in total. The average Bonchev–Trinajstić information content (AvgIpc) is 3.51. The molecule has 2 amide bonds. The standard InChI is InChI=1S/C25H28N2O5/c1-2-7-22(23(28)26-13-15-12-20(15)24(29)30)27-25(31)32-14-21-18-10-5-3-8-16(18)17-9-4-6-11-19(17)21/h3-6,8-11,15,20-22H,2,7,12-14H2,1H3,(H,26,28)(H,27,31)(H,29,30)/t15?,20?,22-/m0/s1. The third-order valence-corrected chi connectivity index (χ3v) is 6.31. The van der Waals surface area contributed by atoms with E-state index in [1.54, 1.807) is 0 Å². The number of alkyl carbamates (subject to hydrolysis) is 1. The molecule has 2 aromatic carbocycles. The number of benzene rings is 2. The largest absolute Gasteiger partial charge is 0.481 e. The van der Waals surface area contributed by atoms with E-state index in [4.69, 9.17) is 9.84 Å². The van der Waals surface area contributed by atoms with Gasteiger partial charge in [-0.3, -0.25) is 9.59 Å². The first kappa shape index (κ1) is 21.9. The molecule has 0 heterocycles. The summed E-state index contributed by atoms with van der Waals surface area (Å²) in [6.07, 6.45) is 1.13. The van der Waals surface area contributed by atoms with Crippen molar-refractivity contribution in [2.45, 2.75) is 38.1 Å². The molecule has 3 atom stereocenters. The normalized spacial score (nSPS) is 19.4. The van der Waals surface area contributed by atoms with Gasteiger partial charge in [-0.2, -0.15) is 0 Å². The quantitative estimate of drug-likeness (QED) is 0.558. The number of fused-ring (bicyclic) bond motifs is 3. The van der Waals surface area contributed by atoms with Crippen LogP contribution in [-0.4, -0.2) is 42.3 Å². The van der Waals surface area contributed by atoms with Crippen LogP contribution in [0.2, 0.25) is 0 Å². The van der Waals surface area contributed by atoms with Crippen LogP contribution in [0.5, 0.6) is 0 Å². The van der Waals surface area contributed by atoms with Crippen LogP contribution < -0.4 is 10.6 Å². The minimum atomic E-state index is -0.828. The zero-order valence-corrected chi connectivity index (χ0v) is 18.0. The van der Waals surface area contributed by atoms with E-state index in [0.717, 1.165) is 22.3 Å². The third-order valence-electron chi connectivity index (χ3n) is 6.31. The molecule has 4 rings (SSSR count). The van der Waals surface area contributed by atoms with Crippen LogP contribution in [0.1, 0.15) is 43.2 Å². The summed E-state index contributed by atoms with van der Waals surface area (Å²) in [4.78, 5) is 36.0. The van der Waals surface area contributed by atoms with Crippen LogP contribution in [0.4, 0.5) is 4.79 Å². The van der Waals surface area contributed by atoms with E-state index < -0.39 is 18.1 Å². The minimum absolute atomic E-state index is 0.0341. The summed E-state index contributed by atoms with van der Waals surface area (Å²) in [5.74, 6) is -1.60. The molecule has 2 aliphatic carbocycles. The Balaban J connectivity index is 1.33. The van der Waals surface area contributed by atoms with Crippen molar-refractivity contribution >= 4 is 18.0 Å². The van der Waals surface area contributed by atoms with Crippen LogP contribution >= 0.6 is 0 Å². The van der Waals surface area contributed by atoms with E-state index >= 15 is 0 Å². The van der Waals surface area contributed by atoms with E-state index in [1.807, 2.05) is 31.2 Å². The first-order chi connectivity index (χ1) is 15.5. The number of carbonyl (C=O) groups is 3. The molecule has 1 fully saturated rings. The van der Waals surface area contributed by atoms with E-state index in [0.29, 0.717) is 25.8 Å². The molecule has 0 saturated heterocycles. The fourth-order valence-electron chi connectivity index (χ4n) is 4.47. The van der Waals surface area contributed by atoms with Crippen molar-refractivity contribution in [3.63, 3.8) is 0 Å². The highest BCUT2D eigenvalue weighted by atomic mass is 16.5. The van der Waals surface area contributed by atoms with Gasteiger partial charge < -0.3 is 20.5 Å². The van der Waals surface area contributed by atoms with Gasteiger partial charge in [0.05, 0.1) is 5.92 Å². The summed E-state index contributed by atoms with van der Waals surface area (Å²) in [7, 11) is 0. The smallest absolute Gasteiger partial charge is 0.407 e. The van der Waals surface area contributed by atoms with Crippen LogP contribution in [0.3, 0.4) is 0 Å². The number of nitrogens with one attached hydrogen (secondary N) is 2. The lowest BCUT2D eigenvalue weighted by atomic mass is 9.98. The van der Waals surface area contributed by atoms with Crippen LogP contribution in [0, 0.1) is 11.8 Å². The van der Waals surface area contributed by atoms with Gasteiger partial charge in [-0.1, -0.05) is 61.9 Å². The number of amides is 2. The second kappa shape index (κ2) is 9.42. The molecule has 0 aliphatic heterocycles. The van der Waals surface area contributed by atoms with Crippen molar-refractivity contribution in [2.24, 2.45) is 11.8 Å². The van der Waals surface area contributed by atoms with E-state index in [9.17, 15) is 14.4 Å². The van der Waals surface area contributed by atoms with Crippen molar-refractivity contribution < 1.29 is 24.2 Å². The number of carbonyl (C=O) groups excluding carboxylic acids is 2. The summed E-state index contributed by atoms with van der Waals surface area (Å²) in [6, 6.07) is 15.5. The fourth-order valence-corrected chi connectivity index (χ4v) is 4.47. The number of aliphatic carboxylic acids is 1. The van der Waals surface area contributed by atoms with Crippen molar-refractivity contribution in [2.75, 3.05) is 13.2 Å². The summed E-state index contributed by atoms with van der Waals surface area (Å²) >= 11 is 0. The lowest BCUT2D eigenvalue weighted by Crippen LogP contribution is -2.47. The number of carboxylic acids is 1. The Morgan fingerprint density at radius 1 is 1.06 bits per heavy atom. The SMILES string of the molecule is CCC[C@H](NC(=O)OCC1c2ccccc2-c2ccccc21)C(=O)NCC1CC1C(=O)O. The molecule has 32 heavy (non-hydrogen) atoms. The van der Waals surface area contributed by atoms with Gasteiger partial charge in [-0.05, 0) is 41.0 Å².